The van der Waals surface area contributed by atoms with E-state index in [1.54, 1.807) is 42.5 Å². The van der Waals surface area contributed by atoms with Gasteiger partial charge in [0.05, 0.1) is 17.7 Å². The van der Waals surface area contributed by atoms with Crippen LogP contribution in [0.1, 0.15) is 22.8 Å². The van der Waals surface area contributed by atoms with Gasteiger partial charge in [0.25, 0.3) is 0 Å². The van der Waals surface area contributed by atoms with Gasteiger partial charge < -0.3 is 5.11 Å². The highest BCUT2D eigenvalue weighted by Gasteiger charge is 2.12. The van der Waals surface area contributed by atoms with Crippen molar-refractivity contribution in [1.82, 2.24) is 0 Å². The van der Waals surface area contributed by atoms with Crippen LogP contribution in [0, 0.1) is 11.3 Å². The SMILES string of the molecule is N#Cc1cccc(C(O)Cc2cc(Cl)ccc2Cl)c1. The van der Waals surface area contributed by atoms with Crippen LogP contribution in [0.15, 0.2) is 42.5 Å². The summed E-state index contributed by atoms with van der Waals surface area (Å²) in [5.74, 6) is 0. The van der Waals surface area contributed by atoms with Crippen molar-refractivity contribution in [2.75, 3.05) is 0 Å². The molecule has 96 valence electrons. The topological polar surface area (TPSA) is 44.0 Å². The molecule has 0 saturated heterocycles. The average molecular weight is 292 g/mol. The largest absolute Gasteiger partial charge is 0.388 e. The molecule has 0 fully saturated rings. The Bertz CT molecular complexity index is 634. The average Bonchev–Trinajstić information content (AvgIpc) is 2.43. The van der Waals surface area contributed by atoms with Crippen LogP contribution in [0.25, 0.3) is 0 Å². The lowest BCUT2D eigenvalue weighted by molar-refractivity contribution is 0.178. The molecule has 1 atom stereocenters. The van der Waals surface area contributed by atoms with Gasteiger partial charge in [0, 0.05) is 16.5 Å². The third-order valence-corrected chi connectivity index (χ3v) is 3.43. The molecule has 2 aromatic carbocycles. The zero-order chi connectivity index (χ0) is 13.8. The van der Waals surface area contributed by atoms with E-state index in [2.05, 4.69) is 0 Å². The van der Waals surface area contributed by atoms with E-state index >= 15 is 0 Å². The van der Waals surface area contributed by atoms with Crippen LogP contribution in [0.2, 0.25) is 10.0 Å². The standard InChI is InChI=1S/C15H11Cl2NO/c16-13-4-5-14(17)12(7-13)8-15(19)11-3-1-2-10(6-11)9-18/h1-7,15,19H,8H2. The summed E-state index contributed by atoms with van der Waals surface area (Å²) in [7, 11) is 0. The number of hydrogen-bond acceptors (Lipinski definition) is 2. The van der Waals surface area contributed by atoms with Gasteiger partial charge in [-0.1, -0.05) is 35.3 Å². The Balaban J connectivity index is 2.23. The predicted octanol–water partition coefficient (Wildman–Crippen LogP) is 4.14. The van der Waals surface area contributed by atoms with Gasteiger partial charge in [0.1, 0.15) is 0 Å². The molecule has 0 radical (unpaired) electrons. The van der Waals surface area contributed by atoms with Crippen LogP contribution >= 0.6 is 23.2 Å². The third-order valence-electron chi connectivity index (χ3n) is 2.82. The fourth-order valence-electron chi connectivity index (χ4n) is 1.84. The number of aliphatic hydroxyl groups is 1. The molecule has 0 amide bonds. The molecular weight excluding hydrogens is 281 g/mol. The Morgan fingerprint density at radius 2 is 1.95 bits per heavy atom. The fourth-order valence-corrected chi connectivity index (χ4v) is 2.23. The first kappa shape index (κ1) is 13.9. The number of halogens is 2. The highest BCUT2D eigenvalue weighted by Crippen LogP contribution is 2.26. The summed E-state index contributed by atoms with van der Waals surface area (Å²) in [4.78, 5) is 0. The van der Waals surface area contributed by atoms with Gasteiger partial charge in [-0.15, -0.1) is 0 Å². The molecule has 0 bridgehead atoms. The van der Waals surface area contributed by atoms with Crippen molar-refractivity contribution >= 4 is 23.2 Å². The minimum Gasteiger partial charge on any atom is -0.388 e. The fraction of sp³-hybridized carbons (Fsp3) is 0.133. The van der Waals surface area contributed by atoms with Crippen molar-refractivity contribution in [2.45, 2.75) is 12.5 Å². The molecule has 0 aliphatic heterocycles. The quantitative estimate of drug-likeness (QED) is 0.924. The molecule has 2 nitrogen and oxygen atoms in total. The molecule has 4 heteroatoms. The third kappa shape index (κ3) is 3.48. The summed E-state index contributed by atoms with van der Waals surface area (Å²) in [5, 5.41) is 20.2. The van der Waals surface area contributed by atoms with Gasteiger partial charge in [-0.2, -0.15) is 5.26 Å². The molecule has 0 saturated carbocycles. The Morgan fingerprint density at radius 3 is 2.68 bits per heavy atom. The highest BCUT2D eigenvalue weighted by molar-refractivity contribution is 6.33. The molecule has 0 aliphatic rings. The van der Waals surface area contributed by atoms with Crippen LogP contribution < -0.4 is 0 Å². The van der Waals surface area contributed by atoms with Crippen molar-refractivity contribution in [3.8, 4) is 6.07 Å². The monoisotopic (exact) mass is 291 g/mol. The number of rotatable bonds is 3. The van der Waals surface area contributed by atoms with E-state index in [1.807, 2.05) is 6.07 Å². The molecule has 0 spiro atoms. The van der Waals surface area contributed by atoms with E-state index in [0.29, 0.717) is 27.6 Å². The lowest BCUT2D eigenvalue weighted by atomic mass is 10.00. The summed E-state index contributed by atoms with van der Waals surface area (Å²) in [6.45, 7) is 0. The molecule has 1 N–H and O–H groups in total. The van der Waals surface area contributed by atoms with E-state index in [0.717, 1.165) is 5.56 Å². The van der Waals surface area contributed by atoms with E-state index < -0.39 is 6.10 Å². The number of benzene rings is 2. The van der Waals surface area contributed by atoms with Crippen molar-refractivity contribution in [3.63, 3.8) is 0 Å². The van der Waals surface area contributed by atoms with Gasteiger partial charge in [-0.3, -0.25) is 0 Å². The van der Waals surface area contributed by atoms with Crippen LogP contribution in [0.4, 0.5) is 0 Å². The van der Waals surface area contributed by atoms with Gasteiger partial charge in [0.15, 0.2) is 0 Å². The molecular formula is C15H11Cl2NO. The minimum absolute atomic E-state index is 0.355. The number of hydrogen-bond donors (Lipinski definition) is 1. The zero-order valence-electron chi connectivity index (χ0n) is 9.98. The minimum atomic E-state index is -0.718. The normalized spacial score (nSPS) is 11.9. The molecule has 0 heterocycles. The van der Waals surface area contributed by atoms with Crippen LogP contribution in [0.5, 0.6) is 0 Å². The van der Waals surface area contributed by atoms with Crippen molar-refractivity contribution in [2.24, 2.45) is 0 Å². The number of nitrogens with zero attached hydrogens (tertiary/aromatic N) is 1. The first-order valence-corrected chi connectivity index (χ1v) is 6.48. The number of nitriles is 1. The van der Waals surface area contributed by atoms with E-state index in [4.69, 9.17) is 28.5 Å². The van der Waals surface area contributed by atoms with Crippen molar-refractivity contribution < 1.29 is 5.11 Å². The maximum Gasteiger partial charge on any atom is 0.0991 e. The molecule has 0 aliphatic carbocycles. The van der Waals surface area contributed by atoms with Gasteiger partial charge in [-0.25, -0.2) is 0 Å². The van der Waals surface area contributed by atoms with Gasteiger partial charge >= 0.3 is 0 Å². The van der Waals surface area contributed by atoms with Crippen molar-refractivity contribution in [1.29, 1.82) is 5.26 Å². The second-order valence-corrected chi connectivity index (χ2v) is 5.04. The zero-order valence-corrected chi connectivity index (χ0v) is 11.5. The molecule has 19 heavy (non-hydrogen) atoms. The van der Waals surface area contributed by atoms with Crippen LogP contribution in [-0.2, 0) is 6.42 Å². The summed E-state index contributed by atoms with van der Waals surface area (Å²) in [6.07, 6.45) is -0.363. The van der Waals surface area contributed by atoms with E-state index in [1.165, 1.54) is 0 Å². The first-order chi connectivity index (χ1) is 9.10. The predicted molar refractivity (Wildman–Crippen MR) is 76.3 cm³/mol. The molecule has 1 unspecified atom stereocenters. The number of aliphatic hydroxyl groups excluding tert-OH is 1. The Kier molecular flexibility index (Phi) is 4.44. The lowest BCUT2D eigenvalue weighted by Gasteiger charge is -2.12. The second kappa shape index (κ2) is 6.08. The summed E-state index contributed by atoms with van der Waals surface area (Å²) in [5.41, 5.74) is 1.99. The van der Waals surface area contributed by atoms with E-state index in [-0.39, 0.29) is 0 Å². The highest BCUT2D eigenvalue weighted by atomic mass is 35.5. The Morgan fingerprint density at radius 1 is 1.16 bits per heavy atom. The Hall–Kier alpha value is -1.53. The second-order valence-electron chi connectivity index (χ2n) is 4.19. The smallest absolute Gasteiger partial charge is 0.0991 e. The summed E-state index contributed by atoms with van der Waals surface area (Å²) in [6, 6.07) is 14.1. The summed E-state index contributed by atoms with van der Waals surface area (Å²) >= 11 is 12.0. The Labute approximate surface area is 121 Å². The molecule has 2 aromatic rings. The van der Waals surface area contributed by atoms with Crippen molar-refractivity contribution in [3.05, 3.63) is 69.2 Å². The first-order valence-electron chi connectivity index (χ1n) is 5.72. The van der Waals surface area contributed by atoms with Crippen LogP contribution in [-0.4, -0.2) is 5.11 Å². The van der Waals surface area contributed by atoms with Gasteiger partial charge in [0.2, 0.25) is 0 Å². The van der Waals surface area contributed by atoms with Crippen LogP contribution in [0.3, 0.4) is 0 Å². The molecule has 0 aromatic heterocycles. The van der Waals surface area contributed by atoms with Gasteiger partial charge in [-0.05, 0) is 41.5 Å². The molecule has 2 rings (SSSR count). The maximum absolute atomic E-state index is 10.2. The lowest BCUT2D eigenvalue weighted by Crippen LogP contribution is -2.02. The van der Waals surface area contributed by atoms with E-state index in [9.17, 15) is 5.11 Å². The summed E-state index contributed by atoms with van der Waals surface area (Å²) < 4.78 is 0. The maximum atomic E-state index is 10.2.